The first kappa shape index (κ1) is 26.2. The highest BCUT2D eigenvalue weighted by Crippen LogP contribution is 2.39. The van der Waals surface area contributed by atoms with Crippen molar-refractivity contribution in [3.05, 3.63) is 93.1 Å². The third kappa shape index (κ3) is 6.31. The predicted octanol–water partition coefficient (Wildman–Crippen LogP) is 6.39. The molecule has 0 unspecified atom stereocenters. The molecule has 1 aliphatic heterocycles. The average molecular weight is 541 g/mol. The second-order valence-electron chi connectivity index (χ2n) is 7.91. The monoisotopic (exact) mass is 540 g/mol. The fraction of sp³-hybridized carbons (Fsp3) is 0.148. The van der Waals surface area contributed by atoms with E-state index in [1.165, 1.54) is 29.2 Å². The normalized spacial score (nSPS) is 15.5. The van der Waals surface area contributed by atoms with Gasteiger partial charge in [0.1, 0.15) is 12.4 Å². The van der Waals surface area contributed by atoms with Crippen LogP contribution in [0.25, 0.3) is 6.08 Å². The molecule has 1 fully saturated rings. The van der Waals surface area contributed by atoms with Crippen LogP contribution in [0, 0.1) is 5.82 Å². The molecule has 1 N–H and O–H groups in total. The van der Waals surface area contributed by atoms with E-state index in [9.17, 15) is 19.1 Å². The van der Waals surface area contributed by atoms with Gasteiger partial charge in [0.2, 0.25) is 0 Å². The second kappa shape index (κ2) is 11.5. The molecule has 37 heavy (non-hydrogen) atoms. The first-order chi connectivity index (χ1) is 17.7. The van der Waals surface area contributed by atoms with Gasteiger partial charge >= 0.3 is 5.97 Å². The summed E-state index contributed by atoms with van der Waals surface area (Å²) in [4.78, 5) is 30.4. The summed E-state index contributed by atoms with van der Waals surface area (Å²) >= 11 is 7.67. The third-order valence-electron chi connectivity index (χ3n) is 5.22. The number of amidine groups is 1. The molecule has 190 valence electrons. The van der Waals surface area contributed by atoms with Crippen LogP contribution in [0.5, 0.6) is 11.5 Å². The van der Waals surface area contributed by atoms with Crippen LogP contribution in [0.4, 0.5) is 10.1 Å². The molecule has 1 saturated heterocycles. The number of carbonyl (C=O) groups excluding carboxylic acids is 1. The summed E-state index contributed by atoms with van der Waals surface area (Å²) in [5, 5.41) is 9.89. The second-order valence-corrected chi connectivity index (χ2v) is 9.32. The summed E-state index contributed by atoms with van der Waals surface area (Å²) in [6, 6.07) is 15.6. The van der Waals surface area contributed by atoms with Crippen molar-refractivity contribution in [1.29, 1.82) is 0 Å². The van der Waals surface area contributed by atoms with Crippen molar-refractivity contribution in [2.24, 2.45) is 4.99 Å². The van der Waals surface area contributed by atoms with Crippen LogP contribution in [0.2, 0.25) is 5.02 Å². The molecule has 3 aromatic carbocycles. The Balaban J connectivity index is 1.59. The topological polar surface area (TPSA) is 88.4 Å². The van der Waals surface area contributed by atoms with Crippen molar-refractivity contribution < 1.29 is 28.6 Å². The number of aliphatic imine (C=N–C) groups is 1. The molecular formula is C27H22ClFN2O5S. The fourth-order valence-corrected chi connectivity index (χ4v) is 4.74. The first-order valence-electron chi connectivity index (χ1n) is 11.2. The number of carboxylic acids is 1. The first-order valence-corrected chi connectivity index (χ1v) is 12.4. The number of halogens is 2. The number of hydrogen-bond acceptors (Lipinski definition) is 6. The maximum absolute atomic E-state index is 13.5. The van der Waals surface area contributed by atoms with Crippen LogP contribution >= 0.6 is 23.4 Å². The zero-order chi connectivity index (χ0) is 26.5. The van der Waals surface area contributed by atoms with Gasteiger partial charge in [0.25, 0.3) is 5.91 Å². The number of ether oxygens (including phenoxy) is 2. The molecule has 4 rings (SSSR count). The van der Waals surface area contributed by atoms with E-state index in [1.807, 2.05) is 6.92 Å². The maximum Gasteiger partial charge on any atom is 0.335 e. The Labute approximate surface area is 222 Å². The van der Waals surface area contributed by atoms with Gasteiger partial charge in [-0.3, -0.25) is 9.69 Å². The third-order valence-corrected chi connectivity index (χ3v) is 6.56. The van der Waals surface area contributed by atoms with E-state index in [2.05, 4.69) is 4.99 Å². The van der Waals surface area contributed by atoms with E-state index in [0.717, 1.165) is 11.8 Å². The van der Waals surface area contributed by atoms with Gasteiger partial charge in [-0.25, -0.2) is 14.2 Å². The molecule has 0 radical (unpaired) electrons. The number of aromatic carboxylic acids is 1. The van der Waals surface area contributed by atoms with E-state index in [1.54, 1.807) is 49.5 Å². The number of rotatable bonds is 8. The molecule has 3 aromatic rings. The molecular weight excluding hydrogens is 519 g/mol. The number of hydrogen-bond donors (Lipinski definition) is 1. The number of likely N-dealkylation sites (N-methyl/N-ethyl adjacent to an activating group) is 1. The van der Waals surface area contributed by atoms with Crippen molar-refractivity contribution in [1.82, 2.24) is 4.90 Å². The standard InChI is InChI=1S/C27H22ClFN2O5S/c1-3-35-22-12-17(11-21(28)24(22)36-15-16-6-4-8-19(29)10-16)13-23-25(32)31(2)27(37-23)30-20-9-5-7-18(14-20)26(33)34/h4-14H,3,15H2,1-2H3,(H,33,34)/b23-13-,30-27?. The summed E-state index contributed by atoms with van der Waals surface area (Å²) in [6.45, 7) is 2.28. The van der Waals surface area contributed by atoms with E-state index < -0.39 is 5.97 Å². The summed E-state index contributed by atoms with van der Waals surface area (Å²) < 4.78 is 25.1. The van der Waals surface area contributed by atoms with Crippen LogP contribution in [0.3, 0.4) is 0 Å². The number of carboxylic acid groups (broad SMARTS) is 1. The van der Waals surface area contributed by atoms with Gasteiger partial charge in [0.05, 0.1) is 27.8 Å². The van der Waals surface area contributed by atoms with E-state index in [-0.39, 0.29) is 28.9 Å². The molecule has 7 nitrogen and oxygen atoms in total. The fourth-order valence-electron chi connectivity index (χ4n) is 3.48. The van der Waals surface area contributed by atoms with E-state index in [4.69, 9.17) is 21.1 Å². The molecule has 0 atom stereocenters. The summed E-state index contributed by atoms with van der Waals surface area (Å²) in [5.41, 5.74) is 1.78. The van der Waals surface area contributed by atoms with Crippen molar-refractivity contribution in [2.75, 3.05) is 13.7 Å². The van der Waals surface area contributed by atoms with Crippen LogP contribution in [-0.4, -0.2) is 40.7 Å². The lowest BCUT2D eigenvalue weighted by molar-refractivity contribution is -0.121. The highest BCUT2D eigenvalue weighted by Gasteiger charge is 2.30. The van der Waals surface area contributed by atoms with Crippen LogP contribution in [0.15, 0.2) is 70.6 Å². The van der Waals surface area contributed by atoms with Crippen LogP contribution < -0.4 is 9.47 Å². The van der Waals surface area contributed by atoms with Gasteiger partial charge in [-0.15, -0.1) is 0 Å². The minimum atomic E-state index is -1.06. The molecule has 0 spiro atoms. The minimum absolute atomic E-state index is 0.0972. The quantitative estimate of drug-likeness (QED) is 0.333. The molecule has 1 aliphatic rings. The smallest absolute Gasteiger partial charge is 0.335 e. The van der Waals surface area contributed by atoms with Gasteiger partial charge in [-0.05, 0) is 78.4 Å². The van der Waals surface area contributed by atoms with Crippen molar-refractivity contribution in [3.63, 3.8) is 0 Å². The van der Waals surface area contributed by atoms with E-state index in [0.29, 0.717) is 45.0 Å². The van der Waals surface area contributed by atoms with Gasteiger partial charge in [0.15, 0.2) is 16.7 Å². The molecule has 0 aromatic heterocycles. The lowest BCUT2D eigenvalue weighted by atomic mass is 10.1. The number of carbonyl (C=O) groups is 2. The number of nitrogens with zero attached hydrogens (tertiary/aromatic N) is 2. The Morgan fingerprint density at radius 2 is 1.95 bits per heavy atom. The Hall–Kier alpha value is -3.82. The maximum atomic E-state index is 13.5. The van der Waals surface area contributed by atoms with Crippen molar-refractivity contribution >= 4 is 52.2 Å². The number of thioether (sulfide) groups is 1. The van der Waals surface area contributed by atoms with Gasteiger partial charge in [-0.1, -0.05) is 29.8 Å². The lowest BCUT2D eigenvalue weighted by Gasteiger charge is -2.15. The molecule has 0 bridgehead atoms. The summed E-state index contributed by atoms with van der Waals surface area (Å²) in [6.07, 6.45) is 1.67. The van der Waals surface area contributed by atoms with Crippen molar-refractivity contribution in [2.45, 2.75) is 13.5 Å². The zero-order valence-electron chi connectivity index (χ0n) is 19.9. The molecule has 0 aliphatic carbocycles. The lowest BCUT2D eigenvalue weighted by Crippen LogP contribution is -2.23. The number of amides is 1. The molecule has 10 heteroatoms. The Bertz CT molecular complexity index is 1430. The van der Waals surface area contributed by atoms with Crippen LogP contribution in [-0.2, 0) is 11.4 Å². The number of benzene rings is 3. The predicted molar refractivity (Wildman–Crippen MR) is 142 cm³/mol. The molecule has 0 saturated carbocycles. The zero-order valence-corrected chi connectivity index (χ0v) is 21.5. The van der Waals surface area contributed by atoms with Gasteiger partial charge in [0, 0.05) is 7.05 Å². The summed E-state index contributed by atoms with van der Waals surface area (Å²) in [5.74, 6) is -0.977. The Morgan fingerprint density at radius 3 is 2.68 bits per heavy atom. The molecule has 1 heterocycles. The SMILES string of the molecule is CCOc1cc(/C=C2\SC(=Nc3cccc(C(=O)O)c3)N(C)C2=O)cc(Cl)c1OCc1cccc(F)c1. The van der Waals surface area contributed by atoms with E-state index >= 15 is 0 Å². The Kier molecular flexibility index (Phi) is 8.15. The largest absolute Gasteiger partial charge is 0.490 e. The Morgan fingerprint density at radius 1 is 1.16 bits per heavy atom. The highest BCUT2D eigenvalue weighted by atomic mass is 35.5. The minimum Gasteiger partial charge on any atom is -0.490 e. The highest BCUT2D eigenvalue weighted by molar-refractivity contribution is 8.18. The van der Waals surface area contributed by atoms with Gasteiger partial charge < -0.3 is 14.6 Å². The molecule has 1 amide bonds. The summed E-state index contributed by atoms with van der Waals surface area (Å²) in [7, 11) is 1.60. The average Bonchev–Trinajstić information content (AvgIpc) is 3.11. The van der Waals surface area contributed by atoms with Crippen LogP contribution in [0.1, 0.15) is 28.4 Å². The van der Waals surface area contributed by atoms with Crippen molar-refractivity contribution in [3.8, 4) is 11.5 Å². The van der Waals surface area contributed by atoms with Gasteiger partial charge in [-0.2, -0.15) is 0 Å².